The first-order chi connectivity index (χ1) is 12.3. The number of carbonyl (C=O) groups is 1. The van der Waals surface area contributed by atoms with Crippen LogP contribution in [0.1, 0.15) is 9.67 Å². The molecule has 0 atom stereocenters. The van der Waals surface area contributed by atoms with Crippen molar-refractivity contribution in [2.24, 2.45) is 0 Å². The molecule has 1 amide bonds. The van der Waals surface area contributed by atoms with E-state index in [2.05, 4.69) is 5.32 Å². The fourth-order valence-corrected chi connectivity index (χ4v) is 4.32. The average Bonchev–Trinajstić information content (AvgIpc) is 3.05. The maximum atomic E-state index is 12.6. The Morgan fingerprint density at radius 1 is 1.12 bits per heavy atom. The number of fused-ring (bicyclic) bond motifs is 1. The molecule has 0 unspecified atom stereocenters. The normalized spacial score (nSPS) is 11.7. The highest BCUT2D eigenvalue weighted by atomic mass is 32.2. The van der Waals surface area contributed by atoms with Gasteiger partial charge in [-0.3, -0.25) is 4.79 Å². The van der Waals surface area contributed by atoms with Crippen molar-refractivity contribution in [2.75, 3.05) is 26.5 Å². The fourth-order valence-electron chi connectivity index (χ4n) is 2.43. The lowest BCUT2D eigenvalue weighted by Gasteiger charge is -2.15. The number of sulfonamides is 1. The molecule has 26 heavy (non-hydrogen) atoms. The van der Waals surface area contributed by atoms with Crippen molar-refractivity contribution in [2.45, 2.75) is 4.90 Å². The zero-order valence-corrected chi connectivity index (χ0v) is 16.1. The standard InChI is InChI=1S/C18H18N2O4S2/c1-20(2)26(22,23)13-8-9-15(24-3)14(11-13)19-18(21)17-10-12-6-4-5-7-16(12)25-17/h4-11H,1-3H3,(H,19,21). The van der Waals surface area contributed by atoms with Gasteiger partial charge < -0.3 is 10.1 Å². The second-order valence-electron chi connectivity index (χ2n) is 5.75. The summed E-state index contributed by atoms with van der Waals surface area (Å²) in [5.41, 5.74) is 0.304. The summed E-state index contributed by atoms with van der Waals surface area (Å²) in [6.45, 7) is 0. The molecule has 136 valence electrons. The van der Waals surface area contributed by atoms with Crippen LogP contribution in [0.25, 0.3) is 10.1 Å². The molecule has 0 saturated heterocycles. The molecule has 0 radical (unpaired) electrons. The number of anilines is 1. The Morgan fingerprint density at radius 3 is 2.50 bits per heavy atom. The van der Waals surface area contributed by atoms with Crippen molar-refractivity contribution in [3.8, 4) is 5.75 Å². The molecule has 8 heteroatoms. The van der Waals surface area contributed by atoms with Crippen LogP contribution in [0, 0.1) is 0 Å². The van der Waals surface area contributed by atoms with E-state index in [0.29, 0.717) is 16.3 Å². The molecule has 0 fully saturated rings. The first kappa shape index (κ1) is 18.4. The lowest BCUT2D eigenvalue weighted by molar-refractivity contribution is 0.103. The number of nitrogens with one attached hydrogen (secondary N) is 1. The first-order valence-electron chi connectivity index (χ1n) is 7.73. The molecule has 1 N–H and O–H groups in total. The van der Waals surface area contributed by atoms with E-state index >= 15 is 0 Å². The van der Waals surface area contributed by atoms with Crippen LogP contribution in [0.15, 0.2) is 53.4 Å². The molecule has 3 rings (SSSR count). The number of ether oxygens (including phenoxy) is 1. The van der Waals surface area contributed by atoms with Crippen LogP contribution >= 0.6 is 11.3 Å². The Morgan fingerprint density at radius 2 is 1.85 bits per heavy atom. The zero-order valence-electron chi connectivity index (χ0n) is 14.5. The third-order valence-corrected chi connectivity index (χ3v) is 6.77. The van der Waals surface area contributed by atoms with Gasteiger partial charge in [0.25, 0.3) is 5.91 Å². The fraction of sp³-hybridized carbons (Fsp3) is 0.167. The Kier molecular flexibility index (Phi) is 4.99. The molecule has 1 heterocycles. The van der Waals surface area contributed by atoms with Crippen molar-refractivity contribution in [3.05, 3.63) is 53.4 Å². The monoisotopic (exact) mass is 390 g/mol. The molecular weight excluding hydrogens is 372 g/mol. The van der Waals surface area contributed by atoms with Gasteiger partial charge in [0.05, 0.1) is 22.6 Å². The largest absolute Gasteiger partial charge is 0.495 e. The van der Waals surface area contributed by atoms with E-state index in [1.807, 2.05) is 30.3 Å². The van der Waals surface area contributed by atoms with Crippen LogP contribution in [0.3, 0.4) is 0 Å². The van der Waals surface area contributed by atoms with Crippen molar-refractivity contribution in [3.63, 3.8) is 0 Å². The number of hydrogen-bond donors (Lipinski definition) is 1. The van der Waals surface area contributed by atoms with Crippen LogP contribution in [-0.2, 0) is 10.0 Å². The summed E-state index contributed by atoms with van der Waals surface area (Å²) < 4.78 is 32.0. The molecule has 6 nitrogen and oxygen atoms in total. The molecule has 1 aromatic heterocycles. The quantitative estimate of drug-likeness (QED) is 0.724. The second-order valence-corrected chi connectivity index (χ2v) is 8.99. The Labute approximate surface area is 156 Å². The predicted octanol–water partition coefficient (Wildman–Crippen LogP) is 3.41. The Balaban J connectivity index is 1.96. The molecule has 0 spiro atoms. The molecule has 0 saturated carbocycles. The maximum absolute atomic E-state index is 12.6. The zero-order chi connectivity index (χ0) is 18.9. The van der Waals surface area contributed by atoms with Crippen molar-refractivity contribution in [1.29, 1.82) is 0 Å². The minimum atomic E-state index is -3.62. The van der Waals surface area contributed by atoms with E-state index in [-0.39, 0.29) is 10.8 Å². The van der Waals surface area contributed by atoms with Crippen molar-refractivity contribution < 1.29 is 17.9 Å². The van der Waals surface area contributed by atoms with Crippen LogP contribution in [0.2, 0.25) is 0 Å². The molecule has 0 bridgehead atoms. The van der Waals surface area contributed by atoms with Gasteiger partial charge in [-0.2, -0.15) is 0 Å². The third-order valence-electron chi connectivity index (χ3n) is 3.85. The van der Waals surface area contributed by atoms with Gasteiger partial charge in [-0.25, -0.2) is 12.7 Å². The minimum absolute atomic E-state index is 0.0786. The molecule has 0 aliphatic heterocycles. The highest BCUT2D eigenvalue weighted by Gasteiger charge is 2.20. The van der Waals surface area contributed by atoms with Gasteiger partial charge in [-0.05, 0) is 35.7 Å². The van der Waals surface area contributed by atoms with Gasteiger partial charge in [0, 0.05) is 18.8 Å². The van der Waals surface area contributed by atoms with Gasteiger partial charge in [-0.1, -0.05) is 18.2 Å². The number of nitrogens with zero attached hydrogens (tertiary/aromatic N) is 1. The van der Waals surface area contributed by atoms with E-state index in [1.165, 1.54) is 50.7 Å². The number of thiophene rings is 1. The lowest BCUT2D eigenvalue weighted by atomic mass is 10.2. The maximum Gasteiger partial charge on any atom is 0.265 e. The first-order valence-corrected chi connectivity index (χ1v) is 9.99. The summed E-state index contributed by atoms with van der Waals surface area (Å²) >= 11 is 1.37. The second kappa shape index (κ2) is 7.06. The van der Waals surface area contributed by atoms with Crippen molar-refractivity contribution >= 4 is 43.0 Å². The molecule has 0 aliphatic carbocycles. The molecule has 3 aromatic rings. The molecule has 0 aliphatic rings. The topological polar surface area (TPSA) is 75.7 Å². The predicted molar refractivity (Wildman–Crippen MR) is 104 cm³/mol. The highest BCUT2D eigenvalue weighted by molar-refractivity contribution is 7.89. The third kappa shape index (κ3) is 3.44. The van der Waals surface area contributed by atoms with Crippen LogP contribution < -0.4 is 10.1 Å². The lowest BCUT2D eigenvalue weighted by Crippen LogP contribution is -2.22. The molecule has 2 aromatic carbocycles. The summed E-state index contributed by atoms with van der Waals surface area (Å²) in [7, 11) is 0.753. The highest BCUT2D eigenvalue weighted by Crippen LogP contribution is 2.31. The van der Waals surface area contributed by atoms with E-state index in [0.717, 1.165) is 14.4 Å². The van der Waals surface area contributed by atoms with E-state index < -0.39 is 10.0 Å². The smallest absolute Gasteiger partial charge is 0.265 e. The summed E-state index contributed by atoms with van der Waals surface area (Å²) in [4.78, 5) is 13.2. The number of rotatable bonds is 5. The SMILES string of the molecule is COc1ccc(S(=O)(=O)N(C)C)cc1NC(=O)c1cc2ccccc2s1. The average molecular weight is 390 g/mol. The number of benzene rings is 2. The van der Waals surface area contributed by atoms with Gasteiger partial charge >= 0.3 is 0 Å². The number of amides is 1. The summed E-state index contributed by atoms with van der Waals surface area (Å²) in [6.07, 6.45) is 0. The van der Waals surface area contributed by atoms with Gasteiger partial charge in [0.1, 0.15) is 5.75 Å². The van der Waals surface area contributed by atoms with E-state index in [4.69, 9.17) is 4.74 Å². The van der Waals surface area contributed by atoms with Gasteiger partial charge in [0.15, 0.2) is 0 Å². The summed E-state index contributed by atoms with van der Waals surface area (Å²) in [5.74, 6) is 0.0704. The van der Waals surface area contributed by atoms with E-state index in [9.17, 15) is 13.2 Å². The van der Waals surface area contributed by atoms with Crippen LogP contribution in [-0.4, -0.2) is 39.8 Å². The summed E-state index contributed by atoms with van der Waals surface area (Å²) in [6, 6.07) is 13.9. The van der Waals surface area contributed by atoms with E-state index in [1.54, 1.807) is 0 Å². The van der Waals surface area contributed by atoms with Gasteiger partial charge in [-0.15, -0.1) is 11.3 Å². The van der Waals surface area contributed by atoms with Crippen LogP contribution in [0.4, 0.5) is 5.69 Å². The van der Waals surface area contributed by atoms with Gasteiger partial charge in [0.2, 0.25) is 10.0 Å². The summed E-state index contributed by atoms with van der Waals surface area (Å²) in [5, 5.41) is 3.74. The Hall–Kier alpha value is -2.42. The Bertz CT molecular complexity index is 1040. The van der Waals surface area contributed by atoms with Crippen LogP contribution in [0.5, 0.6) is 5.75 Å². The minimum Gasteiger partial charge on any atom is -0.495 e. The number of carbonyl (C=O) groups excluding carboxylic acids is 1. The number of hydrogen-bond acceptors (Lipinski definition) is 5. The van der Waals surface area contributed by atoms with Crippen molar-refractivity contribution in [1.82, 2.24) is 4.31 Å². The molecular formula is C18H18N2O4S2. The number of methoxy groups -OCH3 is 1.